The highest BCUT2D eigenvalue weighted by molar-refractivity contribution is 5.91. The average Bonchev–Trinajstić information content (AvgIpc) is 2.67. The maximum Gasteiger partial charge on any atom is 0.242 e. The lowest BCUT2D eigenvalue weighted by atomic mass is 10.0. The summed E-state index contributed by atoms with van der Waals surface area (Å²) in [5.74, 6) is -0.449. The fourth-order valence-corrected chi connectivity index (χ4v) is 3.33. The van der Waals surface area contributed by atoms with E-state index in [0.717, 1.165) is 12.0 Å². The van der Waals surface area contributed by atoms with Crippen molar-refractivity contribution in [1.29, 1.82) is 0 Å². The number of phenolic OH excluding ortho intramolecular Hbond substituents is 1. The van der Waals surface area contributed by atoms with Crippen molar-refractivity contribution in [3.63, 3.8) is 0 Å². The molecule has 1 rings (SSSR count). The Morgan fingerprint density at radius 2 is 1.67 bits per heavy atom. The first-order chi connectivity index (χ1) is 14.0. The van der Waals surface area contributed by atoms with Crippen LogP contribution in [0, 0.1) is 5.92 Å². The summed E-state index contributed by atoms with van der Waals surface area (Å²) in [5, 5.41) is 14.5. The Kier molecular flexibility index (Phi) is 10.3. The molecule has 30 heavy (non-hydrogen) atoms. The Labute approximate surface area is 179 Å². The summed E-state index contributed by atoms with van der Waals surface area (Å²) in [6.07, 6.45) is 1.16. The molecule has 168 valence electrons. The Morgan fingerprint density at radius 3 is 2.20 bits per heavy atom. The van der Waals surface area contributed by atoms with Gasteiger partial charge in [0.1, 0.15) is 11.8 Å². The Bertz CT molecular complexity index is 706. The van der Waals surface area contributed by atoms with Crippen LogP contribution < -0.4 is 16.4 Å². The molecule has 3 amide bonds. The van der Waals surface area contributed by atoms with Crippen LogP contribution in [0.5, 0.6) is 5.75 Å². The first kappa shape index (κ1) is 25.4. The van der Waals surface area contributed by atoms with Crippen molar-refractivity contribution in [2.24, 2.45) is 11.7 Å². The molecule has 8 nitrogen and oxygen atoms in total. The molecule has 0 aliphatic rings. The summed E-state index contributed by atoms with van der Waals surface area (Å²) in [7, 11) is 0. The number of hydrogen-bond acceptors (Lipinski definition) is 5. The minimum atomic E-state index is -0.834. The summed E-state index contributed by atoms with van der Waals surface area (Å²) in [5.41, 5.74) is 6.72. The van der Waals surface area contributed by atoms with Crippen LogP contribution in [-0.2, 0) is 20.8 Å². The lowest BCUT2D eigenvalue weighted by Gasteiger charge is -2.29. The van der Waals surface area contributed by atoms with E-state index in [-0.39, 0.29) is 30.7 Å². The maximum atomic E-state index is 12.5. The smallest absolute Gasteiger partial charge is 0.242 e. The van der Waals surface area contributed by atoms with Crippen molar-refractivity contribution in [2.45, 2.75) is 65.6 Å². The van der Waals surface area contributed by atoms with Gasteiger partial charge in [-0.1, -0.05) is 26.0 Å². The van der Waals surface area contributed by atoms with Crippen LogP contribution in [-0.4, -0.2) is 58.9 Å². The van der Waals surface area contributed by atoms with Gasteiger partial charge in [0.2, 0.25) is 17.7 Å². The third-order valence-corrected chi connectivity index (χ3v) is 4.90. The van der Waals surface area contributed by atoms with Crippen LogP contribution in [0.4, 0.5) is 0 Å². The van der Waals surface area contributed by atoms with Crippen LogP contribution >= 0.6 is 0 Å². The van der Waals surface area contributed by atoms with Gasteiger partial charge in [-0.2, -0.15) is 0 Å². The number of aromatic hydroxyl groups is 1. The number of carbonyl (C=O) groups excluding carboxylic acids is 3. The normalized spacial score (nSPS) is 14.0. The molecule has 0 heterocycles. The molecule has 5 N–H and O–H groups in total. The molecule has 0 spiro atoms. The Balaban J connectivity index is 2.50. The molecule has 0 saturated heterocycles. The first-order valence-corrected chi connectivity index (χ1v) is 10.5. The second-order valence-corrected chi connectivity index (χ2v) is 8.08. The quantitative estimate of drug-likeness (QED) is 0.428. The fraction of sp³-hybridized carbons (Fsp3) is 0.591. The summed E-state index contributed by atoms with van der Waals surface area (Å²) in [6, 6.07) is 4.85. The zero-order chi connectivity index (χ0) is 22.8. The van der Waals surface area contributed by atoms with Gasteiger partial charge in [-0.3, -0.25) is 14.4 Å². The molecule has 1 unspecified atom stereocenters. The lowest BCUT2D eigenvalue weighted by Crippen LogP contribution is -2.52. The largest absolute Gasteiger partial charge is 0.508 e. The van der Waals surface area contributed by atoms with Gasteiger partial charge in [-0.05, 0) is 57.2 Å². The molecule has 1 aromatic rings. The van der Waals surface area contributed by atoms with Gasteiger partial charge in [0.05, 0.1) is 12.6 Å². The topological polar surface area (TPSA) is 125 Å². The van der Waals surface area contributed by atoms with Crippen molar-refractivity contribution in [2.75, 3.05) is 13.1 Å². The molecule has 0 aliphatic heterocycles. The van der Waals surface area contributed by atoms with E-state index in [1.165, 1.54) is 12.1 Å². The number of carbonyl (C=O) groups is 3. The average molecular weight is 421 g/mol. The molecule has 0 saturated carbocycles. The van der Waals surface area contributed by atoms with Crippen molar-refractivity contribution in [1.82, 2.24) is 15.5 Å². The van der Waals surface area contributed by atoms with E-state index < -0.39 is 23.9 Å². The van der Waals surface area contributed by atoms with Gasteiger partial charge in [-0.15, -0.1) is 0 Å². The van der Waals surface area contributed by atoms with Crippen LogP contribution in [0.25, 0.3) is 0 Å². The van der Waals surface area contributed by atoms with Gasteiger partial charge >= 0.3 is 0 Å². The number of nitrogens with zero attached hydrogens (tertiary/aromatic N) is 1. The number of phenols is 1. The zero-order valence-corrected chi connectivity index (χ0v) is 18.6. The number of amides is 3. The molecule has 0 fully saturated rings. The minimum absolute atomic E-state index is 0.0921. The molecular weight excluding hydrogens is 384 g/mol. The van der Waals surface area contributed by atoms with E-state index >= 15 is 0 Å². The first-order valence-electron chi connectivity index (χ1n) is 10.5. The van der Waals surface area contributed by atoms with E-state index in [0.29, 0.717) is 12.5 Å². The highest BCUT2D eigenvalue weighted by Gasteiger charge is 2.23. The van der Waals surface area contributed by atoms with E-state index in [1.54, 1.807) is 24.0 Å². The van der Waals surface area contributed by atoms with Crippen LogP contribution in [0.3, 0.4) is 0 Å². The Morgan fingerprint density at radius 1 is 1.07 bits per heavy atom. The number of hydrogen-bond donors (Lipinski definition) is 4. The van der Waals surface area contributed by atoms with E-state index in [9.17, 15) is 19.5 Å². The third kappa shape index (κ3) is 8.41. The predicted octanol–water partition coefficient (Wildman–Crippen LogP) is 1.17. The van der Waals surface area contributed by atoms with Gasteiger partial charge in [0.25, 0.3) is 0 Å². The summed E-state index contributed by atoms with van der Waals surface area (Å²) >= 11 is 0. The minimum Gasteiger partial charge on any atom is -0.508 e. The third-order valence-electron chi connectivity index (χ3n) is 4.90. The highest BCUT2D eigenvalue weighted by atomic mass is 16.3. The van der Waals surface area contributed by atoms with E-state index in [4.69, 9.17) is 5.73 Å². The van der Waals surface area contributed by atoms with Crippen LogP contribution in [0.2, 0.25) is 0 Å². The molecule has 0 bridgehead atoms. The summed E-state index contributed by atoms with van der Waals surface area (Å²) < 4.78 is 0. The number of nitrogens with one attached hydrogen (secondary N) is 2. The second-order valence-electron chi connectivity index (χ2n) is 8.08. The zero-order valence-electron chi connectivity index (χ0n) is 18.6. The summed E-state index contributed by atoms with van der Waals surface area (Å²) in [6.45, 7) is 10.1. The number of nitrogens with two attached hydrogens (primary N) is 1. The van der Waals surface area contributed by atoms with Crippen molar-refractivity contribution in [3.8, 4) is 5.75 Å². The molecule has 0 aromatic heterocycles. The van der Waals surface area contributed by atoms with Gasteiger partial charge in [0.15, 0.2) is 0 Å². The van der Waals surface area contributed by atoms with E-state index in [1.807, 2.05) is 13.8 Å². The number of likely N-dealkylation sites (N-methyl/N-ethyl adjacent to an activating group) is 1. The molecule has 0 radical (unpaired) electrons. The van der Waals surface area contributed by atoms with E-state index in [2.05, 4.69) is 24.5 Å². The van der Waals surface area contributed by atoms with Crippen molar-refractivity contribution in [3.05, 3.63) is 29.8 Å². The van der Waals surface area contributed by atoms with Crippen molar-refractivity contribution >= 4 is 17.7 Å². The molecule has 1 aromatic carbocycles. The lowest BCUT2D eigenvalue weighted by molar-refractivity contribution is -0.135. The predicted molar refractivity (Wildman–Crippen MR) is 117 cm³/mol. The number of rotatable bonds is 11. The second kappa shape index (κ2) is 12.2. The summed E-state index contributed by atoms with van der Waals surface area (Å²) in [4.78, 5) is 38.8. The fourth-order valence-electron chi connectivity index (χ4n) is 3.33. The molecule has 3 atom stereocenters. The molecule has 8 heteroatoms. The molecular formula is C22H36N4O4. The maximum absolute atomic E-state index is 12.5. The standard InChI is InChI=1S/C22H36N4O4/c1-6-26(15(4)11-14(2)3)20(28)13-24-21(29)16(5)25-22(30)19(23)12-17-7-9-18(27)10-8-17/h7-10,14-16,19,27H,6,11-13,23H2,1-5H3,(H,24,29)(H,25,30)/t15?,16-,19+/m1/s1. The highest BCUT2D eigenvalue weighted by Crippen LogP contribution is 2.12. The SMILES string of the molecule is CCN(C(=O)CNC(=O)[C@@H](C)NC(=O)[C@@H](N)Cc1ccc(O)cc1)C(C)CC(C)C. The van der Waals surface area contributed by atoms with Crippen molar-refractivity contribution < 1.29 is 19.5 Å². The molecule has 0 aliphatic carbocycles. The van der Waals surface area contributed by atoms with Crippen LogP contribution in [0.1, 0.15) is 46.6 Å². The van der Waals surface area contributed by atoms with Crippen LogP contribution in [0.15, 0.2) is 24.3 Å². The Hall–Kier alpha value is -2.61. The van der Waals surface area contributed by atoms with Gasteiger partial charge < -0.3 is 26.4 Å². The monoisotopic (exact) mass is 420 g/mol. The van der Waals surface area contributed by atoms with Gasteiger partial charge in [-0.25, -0.2) is 0 Å². The number of benzene rings is 1. The van der Waals surface area contributed by atoms with Gasteiger partial charge in [0, 0.05) is 12.6 Å².